The van der Waals surface area contributed by atoms with Gasteiger partial charge in [-0.15, -0.1) is 11.3 Å². The van der Waals surface area contributed by atoms with Crippen molar-refractivity contribution in [1.29, 1.82) is 0 Å². The van der Waals surface area contributed by atoms with Gasteiger partial charge in [-0.1, -0.05) is 54.1 Å². The standard InChI is InChI=1S/C21H23N3S/c1-15(2)23-21-24(20(14-25-21)18-8-6-5-7-9-18)22-13-19-12-16(3)10-11-17(19)4/h5-15H,1-4H3. The lowest BCUT2D eigenvalue weighted by Gasteiger charge is -2.05. The summed E-state index contributed by atoms with van der Waals surface area (Å²) in [5.74, 6) is 0. The zero-order chi connectivity index (χ0) is 17.8. The van der Waals surface area contributed by atoms with Crippen LogP contribution in [0.25, 0.3) is 11.3 Å². The largest absolute Gasteiger partial charge is 0.255 e. The first-order valence-corrected chi connectivity index (χ1v) is 9.34. The van der Waals surface area contributed by atoms with E-state index < -0.39 is 0 Å². The first-order valence-electron chi connectivity index (χ1n) is 8.46. The zero-order valence-corrected chi connectivity index (χ0v) is 15.9. The van der Waals surface area contributed by atoms with Crippen molar-refractivity contribution in [2.75, 3.05) is 0 Å². The van der Waals surface area contributed by atoms with E-state index in [1.807, 2.05) is 29.1 Å². The predicted octanol–water partition coefficient (Wildman–Crippen LogP) is 5.02. The lowest BCUT2D eigenvalue weighted by Crippen LogP contribution is -2.14. The summed E-state index contributed by atoms with van der Waals surface area (Å²) in [6, 6.07) is 17.0. The lowest BCUT2D eigenvalue weighted by molar-refractivity contribution is 0.754. The molecule has 0 spiro atoms. The summed E-state index contributed by atoms with van der Waals surface area (Å²) in [4.78, 5) is 5.64. The van der Waals surface area contributed by atoms with E-state index >= 15 is 0 Å². The van der Waals surface area contributed by atoms with Crippen molar-refractivity contribution < 1.29 is 0 Å². The molecule has 25 heavy (non-hydrogen) atoms. The molecule has 0 saturated carbocycles. The van der Waals surface area contributed by atoms with Crippen LogP contribution in [0.4, 0.5) is 0 Å². The first kappa shape index (κ1) is 17.4. The molecule has 0 aliphatic heterocycles. The van der Waals surface area contributed by atoms with E-state index in [-0.39, 0.29) is 6.04 Å². The van der Waals surface area contributed by atoms with Gasteiger partial charge in [0.1, 0.15) is 0 Å². The van der Waals surface area contributed by atoms with Gasteiger partial charge in [0.15, 0.2) is 0 Å². The Morgan fingerprint density at radius 2 is 1.80 bits per heavy atom. The van der Waals surface area contributed by atoms with Crippen LogP contribution in [0.15, 0.2) is 64.0 Å². The molecule has 128 valence electrons. The van der Waals surface area contributed by atoms with Crippen molar-refractivity contribution in [1.82, 2.24) is 4.68 Å². The maximum atomic E-state index is 4.78. The fraction of sp³-hybridized carbons (Fsp3) is 0.238. The molecule has 4 heteroatoms. The highest BCUT2D eigenvalue weighted by molar-refractivity contribution is 7.07. The van der Waals surface area contributed by atoms with Gasteiger partial charge >= 0.3 is 0 Å². The molecule has 2 aromatic carbocycles. The maximum Gasteiger partial charge on any atom is 0.206 e. The van der Waals surface area contributed by atoms with Crippen LogP contribution in [0.2, 0.25) is 0 Å². The fourth-order valence-corrected chi connectivity index (χ4v) is 3.52. The molecule has 1 heterocycles. The average Bonchev–Trinajstić information content (AvgIpc) is 2.98. The number of aryl methyl sites for hydroxylation is 2. The fourth-order valence-electron chi connectivity index (χ4n) is 2.55. The highest BCUT2D eigenvalue weighted by Gasteiger charge is 2.07. The third kappa shape index (κ3) is 4.15. The Hall–Kier alpha value is -2.46. The molecule has 3 nitrogen and oxygen atoms in total. The van der Waals surface area contributed by atoms with Crippen LogP contribution < -0.4 is 4.80 Å². The van der Waals surface area contributed by atoms with E-state index in [1.54, 1.807) is 11.3 Å². The number of thiazole rings is 1. The van der Waals surface area contributed by atoms with E-state index in [2.05, 4.69) is 63.4 Å². The number of nitrogens with zero attached hydrogens (tertiary/aromatic N) is 3. The van der Waals surface area contributed by atoms with Gasteiger partial charge in [0.05, 0.1) is 11.9 Å². The highest BCUT2D eigenvalue weighted by atomic mass is 32.1. The molecule has 0 unspecified atom stereocenters. The third-order valence-electron chi connectivity index (χ3n) is 3.87. The van der Waals surface area contributed by atoms with E-state index in [4.69, 9.17) is 10.1 Å². The third-order valence-corrected chi connectivity index (χ3v) is 4.70. The summed E-state index contributed by atoms with van der Waals surface area (Å²) in [6.45, 7) is 8.38. The van der Waals surface area contributed by atoms with Crippen LogP contribution >= 0.6 is 11.3 Å². The molecule has 3 rings (SSSR count). The molecule has 0 amide bonds. The minimum Gasteiger partial charge on any atom is -0.255 e. The second-order valence-electron chi connectivity index (χ2n) is 6.41. The van der Waals surface area contributed by atoms with E-state index in [0.717, 1.165) is 21.6 Å². The van der Waals surface area contributed by atoms with Gasteiger partial charge in [-0.25, -0.2) is 4.68 Å². The van der Waals surface area contributed by atoms with Crippen LogP contribution in [0.1, 0.15) is 30.5 Å². The van der Waals surface area contributed by atoms with Gasteiger partial charge < -0.3 is 0 Å². The molecular formula is C21H23N3S. The van der Waals surface area contributed by atoms with Crippen molar-refractivity contribution in [2.45, 2.75) is 33.7 Å². The topological polar surface area (TPSA) is 29.6 Å². The molecule has 0 saturated heterocycles. The Kier molecular flexibility index (Phi) is 5.29. The molecule has 0 atom stereocenters. The minimum atomic E-state index is 0.226. The van der Waals surface area contributed by atoms with Crippen molar-refractivity contribution >= 4 is 17.6 Å². The number of benzene rings is 2. The van der Waals surface area contributed by atoms with Crippen molar-refractivity contribution in [3.8, 4) is 11.3 Å². The maximum absolute atomic E-state index is 4.78. The smallest absolute Gasteiger partial charge is 0.206 e. The Morgan fingerprint density at radius 1 is 1.04 bits per heavy atom. The number of aromatic nitrogens is 1. The highest BCUT2D eigenvalue weighted by Crippen LogP contribution is 2.20. The van der Waals surface area contributed by atoms with E-state index in [0.29, 0.717) is 0 Å². The van der Waals surface area contributed by atoms with Crippen LogP contribution in [0.3, 0.4) is 0 Å². The van der Waals surface area contributed by atoms with Crippen LogP contribution in [-0.2, 0) is 0 Å². The van der Waals surface area contributed by atoms with Gasteiger partial charge in [0, 0.05) is 17.0 Å². The van der Waals surface area contributed by atoms with Crippen LogP contribution in [0.5, 0.6) is 0 Å². The first-order chi connectivity index (χ1) is 12.0. The second-order valence-corrected chi connectivity index (χ2v) is 7.25. The van der Waals surface area contributed by atoms with E-state index in [9.17, 15) is 0 Å². The minimum absolute atomic E-state index is 0.226. The lowest BCUT2D eigenvalue weighted by atomic mass is 10.1. The predicted molar refractivity (Wildman–Crippen MR) is 107 cm³/mol. The number of rotatable bonds is 4. The second kappa shape index (κ2) is 7.62. The van der Waals surface area contributed by atoms with Gasteiger partial charge in [-0.05, 0) is 38.8 Å². The summed E-state index contributed by atoms with van der Waals surface area (Å²) in [5.41, 5.74) is 5.79. The van der Waals surface area contributed by atoms with Crippen molar-refractivity contribution in [3.05, 3.63) is 75.4 Å². The molecule has 0 bridgehead atoms. The Morgan fingerprint density at radius 3 is 2.52 bits per heavy atom. The van der Waals surface area contributed by atoms with Gasteiger partial charge in [0.25, 0.3) is 0 Å². The van der Waals surface area contributed by atoms with Gasteiger partial charge in [0.2, 0.25) is 4.80 Å². The molecule has 1 aromatic heterocycles. The van der Waals surface area contributed by atoms with E-state index in [1.165, 1.54) is 11.1 Å². The summed E-state index contributed by atoms with van der Waals surface area (Å²) in [7, 11) is 0. The molecule has 0 aliphatic rings. The normalized spacial score (nSPS) is 12.4. The average molecular weight is 350 g/mol. The molecule has 3 aromatic rings. The van der Waals surface area contributed by atoms with Gasteiger partial charge in [-0.2, -0.15) is 5.10 Å². The molecule has 0 aliphatic carbocycles. The SMILES string of the molecule is Cc1ccc(C)c(C=Nn2c(-c3ccccc3)csc2=NC(C)C)c1. The van der Waals surface area contributed by atoms with Crippen molar-refractivity contribution in [2.24, 2.45) is 10.1 Å². The number of hydrogen-bond acceptors (Lipinski definition) is 3. The number of hydrogen-bond donors (Lipinski definition) is 0. The Bertz CT molecular complexity index is 947. The zero-order valence-electron chi connectivity index (χ0n) is 15.1. The molecule has 0 radical (unpaired) electrons. The quantitative estimate of drug-likeness (QED) is 0.592. The van der Waals surface area contributed by atoms with Crippen LogP contribution in [-0.4, -0.2) is 16.9 Å². The Labute approximate surface area is 153 Å². The summed E-state index contributed by atoms with van der Waals surface area (Å²) in [6.07, 6.45) is 1.93. The van der Waals surface area contributed by atoms with Gasteiger partial charge in [-0.3, -0.25) is 4.99 Å². The Balaban J connectivity index is 2.11. The molecule has 0 N–H and O–H groups in total. The monoisotopic (exact) mass is 349 g/mol. The summed E-state index contributed by atoms with van der Waals surface area (Å²) in [5, 5.41) is 6.90. The molecule has 0 fully saturated rings. The van der Waals surface area contributed by atoms with Crippen molar-refractivity contribution in [3.63, 3.8) is 0 Å². The van der Waals surface area contributed by atoms with Crippen LogP contribution in [0, 0.1) is 13.8 Å². The summed E-state index contributed by atoms with van der Waals surface area (Å²) >= 11 is 1.62. The summed E-state index contributed by atoms with van der Waals surface area (Å²) < 4.78 is 1.95. The molecular weight excluding hydrogens is 326 g/mol.